The van der Waals surface area contributed by atoms with Gasteiger partial charge in [-0.1, -0.05) is 31.5 Å². The van der Waals surface area contributed by atoms with Crippen molar-refractivity contribution in [3.63, 3.8) is 0 Å². The maximum Gasteiger partial charge on any atom is 0.305 e. The predicted molar refractivity (Wildman–Crippen MR) is 101 cm³/mol. The second-order valence-electron chi connectivity index (χ2n) is 6.51. The van der Waals surface area contributed by atoms with Gasteiger partial charge in [-0.3, -0.25) is 9.69 Å². The Morgan fingerprint density at radius 1 is 1.12 bits per heavy atom. The molecule has 2 heterocycles. The number of aromatic nitrogens is 1. The number of anilines is 1. The zero-order valence-corrected chi connectivity index (χ0v) is 15.0. The zero-order valence-electron chi connectivity index (χ0n) is 15.0. The van der Waals surface area contributed by atoms with Crippen LogP contribution in [0.1, 0.15) is 26.2 Å². The molecule has 0 radical (unpaired) electrons. The van der Waals surface area contributed by atoms with Crippen LogP contribution < -0.4 is 4.90 Å². The summed E-state index contributed by atoms with van der Waals surface area (Å²) in [5.74, 6) is 0.977. The number of hydrogen-bond donors (Lipinski definition) is 0. The van der Waals surface area contributed by atoms with E-state index in [4.69, 9.17) is 9.72 Å². The Morgan fingerprint density at radius 3 is 2.72 bits per heavy atom. The lowest BCUT2D eigenvalue weighted by atomic mass is 10.2. The molecule has 0 amide bonds. The molecule has 0 N–H and O–H groups in total. The Balaban J connectivity index is 1.44. The summed E-state index contributed by atoms with van der Waals surface area (Å²) in [6.45, 7) is 7.25. The molecule has 25 heavy (non-hydrogen) atoms. The molecular weight excluding hydrogens is 314 g/mol. The van der Waals surface area contributed by atoms with Crippen molar-refractivity contribution in [2.75, 3.05) is 44.2 Å². The number of benzene rings is 1. The van der Waals surface area contributed by atoms with Crippen LogP contribution in [0.4, 0.5) is 5.82 Å². The first-order valence-electron chi connectivity index (χ1n) is 9.25. The van der Waals surface area contributed by atoms with Crippen molar-refractivity contribution in [3.05, 3.63) is 36.4 Å². The summed E-state index contributed by atoms with van der Waals surface area (Å²) in [6, 6.07) is 12.5. The van der Waals surface area contributed by atoms with Gasteiger partial charge in [-0.25, -0.2) is 4.98 Å². The third-order valence-corrected chi connectivity index (χ3v) is 4.69. The normalized spacial score (nSPS) is 15.5. The highest BCUT2D eigenvalue weighted by Crippen LogP contribution is 2.19. The molecule has 0 atom stereocenters. The van der Waals surface area contributed by atoms with E-state index in [1.54, 1.807) is 0 Å². The van der Waals surface area contributed by atoms with Gasteiger partial charge in [0.15, 0.2) is 0 Å². The minimum Gasteiger partial charge on any atom is -0.464 e. The number of carbonyl (C=O) groups excluding carboxylic acids is 1. The molecule has 3 rings (SSSR count). The molecule has 0 spiro atoms. The molecule has 1 aromatic heterocycles. The number of nitrogens with zero attached hydrogens (tertiary/aromatic N) is 3. The molecule has 1 saturated heterocycles. The van der Waals surface area contributed by atoms with E-state index >= 15 is 0 Å². The van der Waals surface area contributed by atoms with Crippen molar-refractivity contribution >= 4 is 22.7 Å². The summed E-state index contributed by atoms with van der Waals surface area (Å²) in [6.07, 6.45) is 2.48. The van der Waals surface area contributed by atoms with Gasteiger partial charge in [-0.2, -0.15) is 0 Å². The molecule has 1 aromatic carbocycles. The zero-order chi connectivity index (χ0) is 17.5. The summed E-state index contributed by atoms with van der Waals surface area (Å²) < 4.78 is 5.30. The summed E-state index contributed by atoms with van der Waals surface area (Å²) in [7, 11) is 0. The fraction of sp³-hybridized carbons (Fsp3) is 0.500. The molecule has 1 fully saturated rings. The van der Waals surface area contributed by atoms with Crippen LogP contribution in [0.5, 0.6) is 0 Å². The van der Waals surface area contributed by atoms with Gasteiger partial charge in [0.2, 0.25) is 0 Å². The third kappa shape index (κ3) is 4.92. The number of ether oxygens (including phenoxy) is 1. The number of pyridine rings is 1. The van der Waals surface area contributed by atoms with Crippen molar-refractivity contribution in [3.8, 4) is 0 Å². The second kappa shape index (κ2) is 8.81. The minimum absolute atomic E-state index is 0.0687. The lowest BCUT2D eigenvalue weighted by molar-refractivity contribution is -0.144. The maximum atomic E-state index is 11.5. The van der Waals surface area contributed by atoms with Gasteiger partial charge in [0.25, 0.3) is 0 Å². The summed E-state index contributed by atoms with van der Waals surface area (Å²) >= 11 is 0. The predicted octanol–water partition coefficient (Wildman–Crippen LogP) is 3.09. The Kier molecular flexibility index (Phi) is 6.23. The van der Waals surface area contributed by atoms with Gasteiger partial charge in [0.1, 0.15) is 12.4 Å². The smallest absolute Gasteiger partial charge is 0.305 e. The topological polar surface area (TPSA) is 45.7 Å². The number of piperazine rings is 1. The van der Waals surface area contributed by atoms with Gasteiger partial charge < -0.3 is 9.64 Å². The van der Waals surface area contributed by atoms with Crippen molar-refractivity contribution in [2.24, 2.45) is 0 Å². The average Bonchev–Trinajstić information content (AvgIpc) is 2.66. The number of unbranched alkanes of at least 4 members (excludes halogenated alkanes) is 1. The molecule has 2 aromatic rings. The summed E-state index contributed by atoms with van der Waals surface area (Å²) in [4.78, 5) is 21.0. The van der Waals surface area contributed by atoms with Crippen molar-refractivity contribution in [1.29, 1.82) is 0 Å². The Morgan fingerprint density at radius 2 is 1.92 bits per heavy atom. The molecular formula is C20H27N3O2. The molecule has 0 saturated carbocycles. The molecule has 1 aliphatic rings. The van der Waals surface area contributed by atoms with Gasteiger partial charge in [-0.05, 0) is 24.6 Å². The molecule has 134 valence electrons. The lowest BCUT2D eigenvalue weighted by Gasteiger charge is -2.35. The minimum atomic E-state index is -0.0687. The van der Waals surface area contributed by atoms with E-state index in [-0.39, 0.29) is 5.97 Å². The van der Waals surface area contributed by atoms with E-state index in [0.717, 1.165) is 56.9 Å². The maximum absolute atomic E-state index is 11.5. The van der Waals surface area contributed by atoms with E-state index in [0.29, 0.717) is 13.0 Å². The van der Waals surface area contributed by atoms with Crippen LogP contribution >= 0.6 is 0 Å². The number of para-hydroxylation sites is 1. The van der Waals surface area contributed by atoms with E-state index in [1.807, 2.05) is 12.1 Å². The fourth-order valence-electron chi connectivity index (χ4n) is 3.11. The third-order valence-electron chi connectivity index (χ3n) is 4.69. The van der Waals surface area contributed by atoms with Crippen LogP contribution in [0.25, 0.3) is 10.9 Å². The second-order valence-corrected chi connectivity index (χ2v) is 6.51. The monoisotopic (exact) mass is 341 g/mol. The van der Waals surface area contributed by atoms with Crippen LogP contribution in [0.2, 0.25) is 0 Å². The Labute approximate surface area is 149 Å². The number of esters is 1. The first-order chi connectivity index (χ1) is 12.3. The van der Waals surface area contributed by atoms with E-state index < -0.39 is 0 Å². The first kappa shape index (κ1) is 17.7. The summed E-state index contributed by atoms with van der Waals surface area (Å²) in [5, 5.41) is 1.18. The number of fused-ring (bicyclic) bond motifs is 1. The van der Waals surface area contributed by atoms with Gasteiger partial charge >= 0.3 is 5.97 Å². The average molecular weight is 341 g/mol. The van der Waals surface area contributed by atoms with Crippen LogP contribution in [-0.4, -0.2) is 55.2 Å². The van der Waals surface area contributed by atoms with Crippen LogP contribution in [0, 0.1) is 0 Å². The van der Waals surface area contributed by atoms with E-state index in [2.05, 4.69) is 41.0 Å². The highest BCUT2D eigenvalue weighted by Gasteiger charge is 2.18. The Hall–Kier alpha value is -2.14. The van der Waals surface area contributed by atoms with Crippen LogP contribution in [-0.2, 0) is 9.53 Å². The molecule has 0 aliphatic carbocycles. The van der Waals surface area contributed by atoms with Gasteiger partial charge in [-0.15, -0.1) is 0 Å². The molecule has 5 heteroatoms. The number of carbonyl (C=O) groups is 1. The first-order valence-corrected chi connectivity index (χ1v) is 9.25. The van der Waals surface area contributed by atoms with Crippen LogP contribution in [0.15, 0.2) is 36.4 Å². The largest absolute Gasteiger partial charge is 0.464 e. The van der Waals surface area contributed by atoms with E-state index in [9.17, 15) is 4.79 Å². The van der Waals surface area contributed by atoms with Gasteiger partial charge in [0.05, 0.1) is 5.52 Å². The van der Waals surface area contributed by atoms with Gasteiger partial charge in [0, 0.05) is 44.5 Å². The summed E-state index contributed by atoms with van der Waals surface area (Å²) in [5.41, 5.74) is 1.04. The van der Waals surface area contributed by atoms with E-state index in [1.165, 1.54) is 5.39 Å². The highest BCUT2D eigenvalue weighted by atomic mass is 16.5. The van der Waals surface area contributed by atoms with Crippen LogP contribution in [0.3, 0.4) is 0 Å². The standard InChI is InChI=1S/C20H27N3O2/c1-2-3-8-20(24)25-16-15-22-11-13-23(14-12-22)19-10-9-17-6-4-5-7-18(17)21-19/h4-7,9-10H,2-3,8,11-16H2,1H3. The molecule has 0 bridgehead atoms. The van der Waals surface area contributed by atoms with Crippen molar-refractivity contribution in [1.82, 2.24) is 9.88 Å². The van der Waals surface area contributed by atoms with Crippen molar-refractivity contribution < 1.29 is 9.53 Å². The number of rotatable bonds is 7. The Bertz CT molecular complexity index is 696. The van der Waals surface area contributed by atoms with Crippen molar-refractivity contribution in [2.45, 2.75) is 26.2 Å². The molecule has 1 aliphatic heterocycles. The molecule has 0 unspecified atom stereocenters. The number of hydrogen-bond acceptors (Lipinski definition) is 5. The fourth-order valence-corrected chi connectivity index (χ4v) is 3.11. The SMILES string of the molecule is CCCCC(=O)OCCN1CCN(c2ccc3ccccc3n2)CC1. The molecule has 5 nitrogen and oxygen atoms in total. The quantitative estimate of drug-likeness (QED) is 0.724. The lowest BCUT2D eigenvalue weighted by Crippen LogP contribution is -2.47. The highest BCUT2D eigenvalue weighted by molar-refractivity contribution is 5.80.